The zero-order chi connectivity index (χ0) is 14.4. The summed E-state index contributed by atoms with van der Waals surface area (Å²) in [4.78, 5) is 1.99. The Labute approximate surface area is 130 Å². The lowest BCUT2D eigenvalue weighted by Crippen LogP contribution is -1.98. The van der Waals surface area contributed by atoms with E-state index in [2.05, 4.69) is 0 Å². The van der Waals surface area contributed by atoms with Crippen molar-refractivity contribution in [3.05, 3.63) is 60.2 Å². The number of halogens is 3. The minimum absolute atomic E-state index is 0.212. The molecule has 2 aromatic carbocycles. The van der Waals surface area contributed by atoms with Gasteiger partial charge in [-0.2, -0.15) is 0 Å². The van der Waals surface area contributed by atoms with Crippen LogP contribution in [-0.2, 0) is 0 Å². The number of benzene rings is 2. The highest BCUT2D eigenvalue weighted by atomic mass is 35.5. The number of thioether (sulfide) groups is 2. The van der Waals surface area contributed by atoms with Gasteiger partial charge in [-0.3, -0.25) is 0 Å². The van der Waals surface area contributed by atoms with E-state index in [0.717, 1.165) is 16.2 Å². The molecule has 106 valence electrons. The highest BCUT2D eigenvalue weighted by molar-refractivity contribution is 8.17. The molecule has 0 nitrogen and oxygen atoms in total. The second kappa shape index (κ2) is 7.91. The summed E-state index contributed by atoms with van der Waals surface area (Å²) < 4.78 is 26.0. The van der Waals surface area contributed by atoms with Crippen LogP contribution in [0.5, 0.6) is 0 Å². The molecule has 0 atom stereocenters. The molecule has 0 radical (unpaired) electrons. The van der Waals surface area contributed by atoms with Crippen LogP contribution in [0.2, 0.25) is 0 Å². The Hall–Kier alpha value is -0.710. The molecule has 0 saturated carbocycles. The van der Waals surface area contributed by atoms with E-state index in [9.17, 15) is 8.78 Å². The second-order valence-electron chi connectivity index (χ2n) is 4.05. The fourth-order valence-corrected chi connectivity index (χ4v) is 4.56. The van der Waals surface area contributed by atoms with Crippen molar-refractivity contribution in [1.82, 2.24) is 0 Å². The van der Waals surface area contributed by atoms with Gasteiger partial charge in [0.25, 0.3) is 0 Å². The van der Waals surface area contributed by atoms with E-state index in [0.29, 0.717) is 5.88 Å². The lowest BCUT2D eigenvalue weighted by atomic mass is 10.3. The topological polar surface area (TPSA) is 0 Å². The molecule has 0 aliphatic heterocycles. The number of alkyl halides is 1. The van der Waals surface area contributed by atoms with E-state index in [1.54, 1.807) is 47.8 Å². The molecule has 0 heterocycles. The summed E-state index contributed by atoms with van der Waals surface area (Å²) in [7, 11) is 0. The van der Waals surface area contributed by atoms with Crippen LogP contribution in [0, 0.1) is 11.6 Å². The van der Waals surface area contributed by atoms with Crippen LogP contribution in [0.25, 0.3) is 0 Å². The van der Waals surface area contributed by atoms with Crippen molar-refractivity contribution in [2.24, 2.45) is 0 Å². The van der Waals surface area contributed by atoms with E-state index in [1.807, 2.05) is 0 Å². The van der Waals surface area contributed by atoms with Gasteiger partial charge in [0.15, 0.2) is 0 Å². The summed E-state index contributed by atoms with van der Waals surface area (Å²) in [6, 6.07) is 12.8. The third-order valence-corrected chi connectivity index (χ3v) is 5.39. The fourth-order valence-electron chi connectivity index (χ4n) is 1.56. The van der Waals surface area contributed by atoms with E-state index in [-0.39, 0.29) is 16.2 Å². The molecule has 0 saturated heterocycles. The monoisotopic (exact) mass is 330 g/mol. The molecule has 2 aromatic rings. The van der Waals surface area contributed by atoms with Gasteiger partial charge in [-0.1, -0.05) is 0 Å². The van der Waals surface area contributed by atoms with E-state index in [1.165, 1.54) is 24.3 Å². The quantitative estimate of drug-likeness (QED) is 0.373. The largest absolute Gasteiger partial charge is 0.207 e. The van der Waals surface area contributed by atoms with Gasteiger partial charge in [-0.25, -0.2) is 8.78 Å². The van der Waals surface area contributed by atoms with E-state index in [4.69, 9.17) is 11.6 Å². The number of hydrogen-bond acceptors (Lipinski definition) is 2. The smallest absolute Gasteiger partial charge is 0.123 e. The maximum atomic E-state index is 12.9. The molecule has 0 N–H and O–H groups in total. The third kappa shape index (κ3) is 5.00. The van der Waals surface area contributed by atoms with Gasteiger partial charge in [-0.15, -0.1) is 35.1 Å². The lowest BCUT2D eigenvalue weighted by molar-refractivity contribution is 0.626. The Morgan fingerprint density at radius 1 is 0.800 bits per heavy atom. The van der Waals surface area contributed by atoms with Gasteiger partial charge in [-0.05, 0) is 55.0 Å². The first-order valence-electron chi connectivity index (χ1n) is 6.08. The zero-order valence-electron chi connectivity index (χ0n) is 10.6. The molecule has 0 bridgehead atoms. The summed E-state index contributed by atoms with van der Waals surface area (Å²) >= 11 is 9.11. The minimum Gasteiger partial charge on any atom is -0.207 e. The van der Waals surface area contributed by atoms with Crippen LogP contribution >= 0.6 is 35.1 Å². The zero-order valence-corrected chi connectivity index (χ0v) is 12.9. The Kier molecular flexibility index (Phi) is 6.20. The van der Waals surface area contributed by atoms with E-state index >= 15 is 0 Å². The molecular weight excluding hydrogens is 318 g/mol. The van der Waals surface area contributed by atoms with Crippen LogP contribution in [0.4, 0.5) is 8.78 Å². The van der Waals surface area contributed by atoms with Crippen LogP contribution < -0.4 is 0 Å². The highest BCUT2D eigenvalue weighted by Gasteiger charge is 2.12. The van der Waals surface area contributed by atoms with Gasteiger partial charge >= 0.3 is 0 Å². The SMILES string of the molecule is Fc1ccc(SC(CCCl)Sc2ccc(F)cc2)cc1. The van der Waals surface area contributed by atoms with Crippen LogP contribution in [-0.4, -0.2) is 10.5 Å². The van der Waals surface area contributed by atoms with E-state index < -0.39 is 0 Å². The first-order chi connectivity index (χ1) is 9.67. The predicted molar refractivity (Wildman–Crippen MR) is 83.6 cm³/mol. The molecule has 0 aliphatic carbocycles. The van der Waals surface area contributed by atoms with Gasteiger partial charge < -0.3 is 0 Å². The average Bonchev–Trinajstić information content (AvgIpc) is 2.44. The third-order valence-electron chi connectivity index (χ3n) is 2.51. The molecule has 0 spiro atoms. The number of hydrogen-bond donors (Lipinski definition) is 0. The highest BCUT2D eigenvalue weighted by Crippen LogP contribution is 2.37. The molecule has 5 heteroatoms. The molecule has 0 aliphatic rings. The van der Waals surface area contributed by atoms with Crippen molar-refractivity contribution < 1.29 is 8.78 Å². The van der Waals surface area contributed by atoms with Crippen LogP contribution in [0.15, 0.2) is 58.3 Å². The first-order valence-corrected chi connectivity index (χ1v) is 8.37. The standard InChI is InChI=1S/C15H13ClF2S2/c16-10-9-15(19-13-5-1-11(17)2-6-13)20-14-7-3-12(18)4-8-14/h1-8,15H,9-10H2. The van der Waals surface area contributed by atoms with Crippen molar-refractivity contribution in [3.8, 4) is 0 Å². The average molecular weight is 331 g/mol. The summed E-state index contributed by atoms with van der Waals surface area (Å²) in [5.41, 5.74) is 0. The normalized spacial score (nSPS) is 11.0. The molecule has 0 amide bonds. The lowest BCUT2D eigenvalue weighted by Gasteiger charge is -2.15. The maximum absolute atomic E-state index is 12.9. The Balaban J connectivity index is 2.02. The summed E-state index contributed by atoms with van der Waals surface area (Å²) in [5, 5.41) is 0. The van der Waals surface area contributed by atoms with Crippen molar-refractivity contribution >= 4 is 35.1 Å². The molecule has 0 unspecified atom stereocenters. The fraction of sp³-hybridized carbons (Fsp3) is 0.200. The molecule has 2 rings (SSSR count). The van der Waals surface area contributed by atoms with Gasteiger partial charge in [0, 0.05) is 15.7 Å². The maximum Gasteiger partial charge on any atom is 0.123 e. The molecular formula is C15H13ClF2S2. The molecule has 20 heavy (non-hydrogen) atoms. The van der Waals surface area contributed by atoms with Crippen LogP contribution in [0.3, 0.4) is 0 Å². The Morgan fingerprint density at radius 2 is 1.20 bits per heavy atom. The summed E-state index contributed by atoms with van der Waals surface area (Å²) in [6.45, 7) is 0. The van der Waals surface area contributed by atoms with Crippen LogP contribution in [0.1, 0.15) is 6.42 Å². The number of rotatable bonds is 6. The Morgan fingerprint density at radius 3 is 1.55 bits per heavy atom. The minimum atomic E-state index is -0.241. The van der Waals surface area contributed by atoms with Gasteiger partial charge in [0.05, 0.1) is 4.58 Å². The second-order valence-corrected chi connectivity index (χ2v) is 7.28. The molecule has 0 fully saturated rings. The van der Waals surface area contributed by atoms with Crippen molar-refractivity contribution in [1.29, 1.82) is 0 Å². The first kappa shape index (κ1) is 15.7. The summed E-state index contributed by atoms with van der Waals surface area (Å²) in [5.74, 6) is 0.0661. The van der Waals surface area contributed by atoms with Gasteiger partial charge in [0.1, 0.15) is 11.6 Å². The van der Waals surface area contributed by atoms with Gasteiger partial charge in [0.2, 0.25) is 0 Å². The summed E-state index contributed by atoms with van der Waals surface area (Å²) in [6.07, 6.45) is 0.811. The Bertz CT molecular complexity index is 481. The van der Waals surface area contributed by atoms with Crippen molar-refractivity contribution in [2.75, 3.05) is 5.88 Å². The van der Waals surface area contributed by atoms with Crippen molar-refractivity contribution in [2.45, 2.75) is 20.8 Å². The predicted octanol–water partition coefficient (Wildman–Crippen LogP) is 5.80. The van der Waals surface area contributed by atoms with Crippen molar-refractivity contribution in [3.63, 3.8) is 0 Å². The molecule has 0 aromatic heterocycles.